The van der Waals surface area contributed by atoms with E-state index in [2.05, 4.69) is 9.97 Å². The number of primary amides is 1. The summed E-state index contributed by atoms with van der Waals surface area (Å²) in [5, 5.41) is 2.90. The van der Waals surface area contributed by atoms with Crippen LogP contribution in [0.1, 0.15) is 30.7 Å². The van der Waals surface area contributed by atoms with Crippen LogP contribution in [-0.4, -0.2) is 28.3 Å². The average Bonchev–Trinajstić information content (AvgIpc) is 3.37. The predicted molar refractivity (Wildman–Crippen MR) is 124 cm³/mol. The molecule has 4 heterocycles. The Morgan fingerprint density at radius 1 is 1.06 bits per heavy atom. The molecule has 0 unspecified atom stereocenters. The van der Waals surface area contributed by atoms with Gasteiger partial charge in [0.05, 0.1) is 27.0 Å². The number of carbonyl (C=O) groups is 2. The Balaban J connectivity index is 1.55. The Hall–Kier alpha value is -3.36. The van der Waals surface area contributed by atoms with E-state index in [1.165, 1.54) is 11.3 Å². The van der Waals surface area contributed by atoms with Crippen molar-refractivity contribution in [3.8, 4) is 21.8 Å². The Bertz CT molecular complexity index is 1320. The zero-order chi connectivity index (χ0) is 21.5. The number of pyridine rings is 1. The average molecular weight is 447 g/mol. The zero-order valence-electron chi connectivity index (χ0n) is 16.7. The van der Waals surface area contributed by atoms with Gasteiger partial charge in [-0.1, -0.05) is 24.3 Å². The van der Waals surface area contributed by atoms with Crippen molar-refractivity contribution in [2.45, 2.75) is 13.3 Å². The van der Waals surface area contributed by atoms with Crippen molar-refractivity contribution >= 4 is 40.2 Å². The number of fused-ring (bicyclic) bond motifs is 3. The molecule has 6 nitrogen and oxygen atoms in total. The van der Waals surface area contributed by atoms with E-state index in [4.69, 9.17) is 5.73 Å². The standard InChI is InChI=1S/C23H18N4O2S2/c1-13-25-18(12-30-13)16-6-4-7-17(26-16)23(29)27-10-9-14-11-20(22(24)28)31-21(14)15-5-2-3-8-19(15)27/h2-8,11-12H,9-10H2,1H3,(H2,24,28). The molecule has 154 valence electrons. The highest BCUT2D eigenvalue weighted by atomic mass is 32.1. The van der Waals surface area contributed by atoms with Crippen molar-refractivity contribution in [1.29, 1.82) is 0 Å². The number of hydrogen-bond donors (Lipinski definition) is 1. The van der Waals surface area contributed by atoms with Crippen molar-refractivity contribution in [2.75, 3.05) is 11.4 Å². The van der Waals surface area contributed by atoms with Crippen LogP contribution in [0.15, 0.2) is 53.9 Å². The number of thiophene rings is 1. The normalized spacial score (nSPS) is 12.7. The number of nitrogens with zero attached hydrogens (tertiary/aromatic N) is 3. The second-order valence-electron chi connectivity index (χ2n) is 7.21. The van der Waals surface area contributed by atoms with Gasteiger partial charge in [0.15, 0.2) is 0 Å². The van der Waals surface area contributed by atoms with E-state index in [0.717, 1.165) is 32.4 Å². The molecule has 4 aromatic rings. The molecule has 0 atom stereocenters. The van der Waals surface area contributed by atoms with E-state index in [-0.39, 0.29) is 5.91 Å². The summed E-state index contributed by atoms with van der Waals surface area (Å²) in [5.41, 5.74) is 10.1. The molecule has 0 bridgehead atoms. The first-order chi connectivity index (χ1) is 15.0. The number of aryl methyl sites for hydroxylation is 1. The summed E-state index contributed by atoms with van der Waals surface area (Å²) in [6.07, 6.45) is 0.629. The Kier molecular flexibility index (Phi) is 4.88. The second-order valence-corrected chi connectivity index (χ2v) is 9.33. The van der Waals surface area contributed by atoms with E-state index in [9.17, 15) is 9.59 Å². The largest absolute Gasteiger partial charge is 0.365 e. The van der Waals surface area contributed by atoms with Gasteiger partial charge in [0, 0.05) is 22.4 Å². The maximum atomic E-state index is 13.5. The number of aromatic nitrogens is 2. The van der Waals surface area contributed by atoms with Gasteiger partial charge in [-0.2, -0.15) is 0 Å². The fourth-order valence-corrected chi connectivity index (χ4v) is 5.45. The fourth-order valence-electron chi connectivity index (χ4n) is 3.74. The van der Waals surface area contributed by atoms with Crippen LogP contribution in [0.2, 0.25) is 0 Å². The molecule has 2 amide bonds. The number of hydrogen-bond acceptors (Lipinski definition) is 6. The lowest BCUT2D eigenvalue weighted by atomic mass is 10.1. The van der Waals surface area contributed by atoms with E-state index < -0.39 is 5.91 Å². The van der Waals surface area contributed by atoms with Gasteiger partial charge in [-0.05, 0) is 43.2 Å². The third-order valence-corrected chi connectivity index (χ3v) is 7.19. The first-order valence-corrected chi connectivity index (χ1v) is 11.4. The molecule has 8 heteroatoms. The maximum Gasteiger partial charge on any atom is 0.276 e. The molecule has 3 aromatic heterocycles. The first kappa shape index (κ1) is 19.6. The first-order valence-electron chi connectivity index (χ1n) is 9.74. The Morgan fingerprint density at radius 2 is 1.90 bits per heavy atom. The number of benzene rings is 1. The molecule has 5 rings (SSSR count). The Morgan fingerprint density at radius 3 is 2.68 bits per heavy atom. The van der Waals surface area contributed by atoms with E-state index >= 15 is 0 Å². The number of thiazole rings is 1. The van der Waals surface area contributed by atoms with Crippen molar-refractivity contribution in [3.63, 3.8) is 0 Å². The number of carbonyl (C=O) groups excluding carboxylic acids is 2. The third-order valence-electron chi connectivity index (χ3n) is 5.19. The van der Waals surface area contributed by atoms with Crippen LogP contribution in [-0.2, 0) is 6.42 Å². The molecule has 0 fully saturated rings. The molecule has 31 heavy (non-hydrogen) atoms. The van der Waals surface area contributed by atoms with Crippen LogP contribution in [0.3, 0.4) is 0 Å². The van der Waals surface area contributed by atoms with E-state index in [0.29, 0.717) is 29.2 Å². The molecule has 0 radical (unpaired) electrons. The fraction of sp³-hybridized carbons (Fsp3) is 0.130. The molecular weight excluding hydrogens is 428 g/mol. The number of para-hydroxylation sites is 1. The lowest BCUT2D eigenvalue weighted by molar-refractivity contribution is 0.0979. The van der Waals surface area contributed by atoms with Gasteiger partial charge in [0.25, 0.3) is 11.8 Å². The minimum Gasteiger partial charge on any atom is -0.365 e. The van der Waals surface area contributed by atoms with Crippen LogP contribution >= 0.6 is 22.7 Å². The summed E-state index contributed by atoms with van der Waals surface area (Å²) in [5.74, 6) is -0.590. The quantitative estimate of drug-likeness (QED) is 0.500. The minimum absolute atomic E-state index is 0.161. The third kappa shape index (κ3) is 3.54. The highest BCUT2D eigenvalue weighted by Gasteiger charge is 2.28. The van der Waals surface area contributed by atoms with Crippen molar-refractivity contribution in [2.24, 2.45) is 5.73 Å². The highest BCUT2D eigenvalue weighted by molar-refractivity contribution is 7.17. The summed E-state index contributed by atoms with van der Waals surface area (Å²) < 4.78 is 0. The van der Waals surface area contributed by atoms with Crippen molar-refractivity contribution in [1.82, 2.24) is 9.97 Å². The smallest absolute Gasteiger partial charge is 0.276 e. The number of anilines is 1. The van der Waals surface area contributed by atoms with Gasteiger partial charge < -0.3 is 10.6 Å². The van der Waals surface area contributed by atoms with Crippen LogP contribution < -0.4 is 10.6 Å². The Labute approximate surface area is 187 Å². The van der Waals surface area contributed by atoms with Crippen LogP contribution in [0.4, 0.5) is 5.69 Å². The molecule has 0 spiro atoms. The maximum absolute atomic E-state index is 13.5. The van der Waals surface area contributed by atoms with Crippen LogP contribution in [0.5, 0.6) is 0 Å². The van der Waals surface area contributed by atoms with Crippen molar-refractivity contribution < 1.29 is 9.59 Å². The molecule has 0 aliphatic carbocycles. The second kappa shape index (κ2) is 7.72. The summed E-state index contributed by atoms with van der Waals surface area (Å²) in [7, 11) is 0. The molecular formula is C23H18N4O2S2. The van der Waals surface area contributed by atoms with Gasteiger partial charge in [0.1, 0.15) is 5.69 Å². The highest BCUT2D eigenvalue weighted by Crippen LogP contribution is 2.41. The van der Waals surface area contributed by atoms with Crippen LogP contribution in [0, 0.1) is 6.92 Å². The lowest BCUT2D eigenvalue weighted by Crippen LogP contribution is -2.33. The number of amides is 2. The van der Waals surface area contributed by atoms with Gasteiger partial charge in [-0.3, -0.25) is 9.59 Å². The summed E-state index contributed by atoms with van der Waals surface area (Å²) in [6, 6.07) is 15.0. The van der Waals surface area contributed by atoms with Crippen LogP contribution in [0.25, 0.3) is 21.8 Å². The van der Waals surface area contributed by atoms with E-state index in [1.54, 1.807) is 22.3 Å². The summed E-state index contributed by atoms with van der Waals surface area (Å²) >= 11 is 2.93. The number of nitrogens with two attached hydrogens (primary N) is 1. The molecule has 1 aliphatic heterocycles. The monoisotopic (exact) mass is 446 g/mol. The molecule has 0 saturated carbocycles. The SMILES string of the molecule is Cc1nc(-c2cccc(C(=O)N3CCc4cc(C(N)=O)sc4-c4ccccc43)n2)cs1. The molecule has 1 aromatic carbocycles. The molecule has 0 saturated heterocycles. The summed E-state index contributed by atoms with van der Waals surface area (Å²) in [6.45, 7) is 2.43. The predicted octanol–water partition coefficient (Wildman–Crippen LogP) is 4.54. The van der Waals surface area contributed by atoms with Gasteiger partial charge in [-0.25, -0.2) is 9.97 Å². The van der Waals surface area contributed by atoms with Crippen molar-refractivity contribution in [3.05, 3.63) is 75.1 Å². The number of rotatable bonds is 3. The summed E-state index contributed by atoms with van der Waals surface area (Å²) in [4.78, 5) is 37.6. The molecule has 1 aliphatic rings. The minimum atomic E-state index is -0.429. The lowest BCUT2D eigenvalue weighted by Gasteiger charge is -2.22. The van der Waals surface area contributed by atoms with Gasteiger partial charge in [0.2, 0.25) is 0 Å². The molecule has 2 N–H and O–H groups in total. The van der Waals surface area contributed by atoms with E-state index in [1.807, 2.05) is 54.8 Å². The van der Waals surface area contributed by atoms with Gasteiger partial charge >= 0.3 is 0 Å². The van der Waals surface area contributed by atoms with Gasteiger partial charge in [-0.15, -0.1) is 22.7 Å². The zero-order valence-corrected chi connectivity index (χ0v) is 18.3. The topological polar surface area (TPSA) is 89.2 Å².